The minimum atomic E-state index is -3.80. The van der Waals surface area contributed by atoms with Crippen LogP contribution in [0.3, 0.4) is 0 Å². The SMILES string of the molecule is Cc1cc(NC(C)c2cccc(S(N)(=O)=O)c2)c2cccc([N+](=O)[O-])c2n1. The number of fused-ring (bicyclic) bond motifs is 1. The van der Waals surface area contributed by atoms with Crippen molar-refractivity contribution in [3.8, 4) is 0 Å². The molecule has 3 rings (SSSR count). The molecule has 0 bridgehead atoms. The molecule has 27 heavy (non-hydrogen) atoms. The zero-order valence-corrected chi connectivity index (χ0v) is 15.5. The van der Waals surface area contributed by atoms with Crippen molar-refractivity contribution in [3.05, 3.63) is 69.9 Å². The van der Waals surface area contributed by atoms with Crippen LogP contribution >= 0.6 is 0 Å². The van der Waals surface area contributed by atoms with E-state index in [-0.39, 0.29) is 16.6 Å². The molecule has 140 valence electrons. The van der Waals surface area contributed by atoms with Crippen LogP contribution in [0.1, 0.15) is 24.2 Å². The maximum absolute atomic E-state index is 11.6. The van der Waals surface area contributed by atoms with Gasteiger partial charge in [0, 0.05) is 28.9 Å². The van der Waals surface area contributed by atoms with Crippen LogP contribution in [-0.2, 0) is 10.0 Å². The maximum atomic E-state index is 11.6. The first-order chi connectivity index (χ1) is 12.7. The first-order valence-electron chi connectivity index (χ1n) is 8.11. The Morgan fingerprint density at radius 2 is 1.89 bits per heavy atom. The average Bonchev–Trinajstić information content (AvgIpc) is 2.60. The Labute approximate surface area is 156 Å². The van der Waals surface area contributed by atoms with E-state index in [2.05, 4.69) is 10.3 Å². The summed E-state index contributed by atoms with van der Waals surface area (Å²) < 4.78 is 23.1. The topological polar surface area (TPSA) is 128 Å². The number of nitro groups is 1. The van der Waals surface area contributed by atoms with Gasteiger partial charge in [0.05, 0.1) is 9.82 Å². The summed E-state index contributed by atoms with van der Waals surface area (Å²) in [6, 6.07) is 12.6. The van der Waals surface area contributed by atoms with E-state index in [4.69, 9.17) is 5.14 Å². The zero-order valence-electron chi connectivity index (χ0n) is 14.7. The Bertz CT molecular complexity index is 1150. The van der Waals surface area contributed by atoms with Gasteiger partial charge in [0.2, 0.25) is 10.0 Å². The van der Waals surface area contributed by atoms with Crippen molar-refractivity contribution >= 4 is 32.3 Å². The minimum Gasteiger partial charge on any atom is -0.378 e. The van der Waals surface area contributed by atoms with Crippen molar-refractivity contribution in [2.75, 3.05) is 5.32 Å². The number of primary sulfonamides is 1. The van der Waals surface area contributed by atoms with E-state index in [1.165, 1.54) is 18.2 Å². The van der Waals surface area contributed by atoms with E-state index < -0.39 is 14.9 Å². The largest absolute Gasteiger partial charge is 0.378 e. The average molecular weight is 386 g/mol. The van der Waals surface area contributed by atoms with Crippen molar-refractivity contribution in [2.24, 2.45) is 5.14 Å². The van der Waals surface area contributed by atoms with Crippen LogP contribution in [0, 0.1) is 17.0 Å². The van der Waals surface area contributed by atoms with E-state index in [1.54, 1.807) is 37.3 Å². The number of hydrogen-bond acceptors (Lipinski definition) is 6. The standard InChI is InChI=1S/C18H18N4O4S/c1-11-9-16(15-7-4-8-17(22(23)24)18(15)20-11)21-12(2)13-5-3-6-14(10-13)27(19,25)26/h3-10,12H,1-2H3,(H,20,21)(H2,19,25,26). The third-order valence-electron chi connectivity index (χ3n) is 4.20. The van der Waals surface area contributed by atoms with Gasteiger partial charge in [0.15, 0.2) is 5.52 Å². The van der Waals surface area contributed by atoms with Crippen LogP contribution in [0.4, 0.5) is 11.4 Å². The molecule has 1 heterocycles. The Kier molecular flexibility index (Phi) is 4.81. The molecule has 0 spiro atoms. The van der Waals surface area contributed by atoms with Crippen LogP contribution in [0.15, 0.2) is 53.4 Å². The van der Waals surface area contributed by atoms with E-state index in [0.29, 0.717) is 22.3 Å². The number of sulfonamides is 1. The lowest BCUT2D eigenvalue weighted by molar-refractivity contribution is -0.383. The monoisotopic (exact) mass is 386 g/mol. The number of aromatic nitrogens is 1. The summed E-state index contributed by atoms with van der Waals surface area (Å²) >= 11 is 0. The fraction of sp³-hybridized carbons (Fsp3) is 0.167. The first kappa shape index (κ1) is 18.7. The maximum Gasteiger partial charge on any atom is 0.295 e. The Morgan fingerprint density at radius 1 is 1.19 bits per heavy atom. The molecule has 1 unspecified atom stereocenters. The van der Waals surface area contributed by atoms with Crippen LogP contribution in [-0.4, -0.2) is 18.3 Å². The molecule has 1 atom stereocenters. The molecule has 2 aromatic carbocycles. The number of para-hydroxylation sites is 1. The Hall–Kier alpha value is -3.04. The normalized spacial score (nSPS) is 12.7. The predicted molar refractivity (Wildman–Crippen MR) is 103 cm³/mol. The molecule has 9 heteroatoms. The van der Waals surface area contributed by atoms with Crippen molar-refractivity contribution < 1.29 is 13.3 Å². The van der Waals surface area contributed by atoms with Gasteiger partial charge in [-0.15, -0.1) is 0 Å². The Morgan fingerprint density at radius 3 is 2.56 bits per heavy atom. The van der Waals surface area contributed by atoms with Gasteiger partial charge in [0.1, 0.15) is 0 Å². The summed E-state index contributed by atoms with van der Waals surface area (Å²) in [4.78, 5) is 15.2. The van der Waals surface area contributed by atoms with E-state index in [0.717, 1.165) is 5.56 Å². The van der Waals surface area contributed by atoms with Gasteiger partial charge in [-0.3, -0.25) is 10.1 Å². The van der Waals surface area contributed by atoms with E-state index in [9.17, 15) is 18.5 Å². The third-order valence-corrected chi connectivity index (χ3v) is 5.11. The molecule has 3 aromatic rings. The van der Waals surface area contributed by atoms with Crippen LogP contribution in [0.25, 0.3) is 10.9 Å². The number of anilines is 1. The number of nitrogens with one attached hydrogen (secondary N) is 1. The molecule has 0 fully saturated rings. The highest BCUT2D eigenvalue weighted by atomic mass is 32.2. The lowest BCUT2D eigenvalue weighted by Crippen LogP contribution is -2.14. The van der Waals surface area contributed by atoms with Gasteiger partial charge in [-0.1, -0.05) is 24.3 Å². The first-order valence-corrected chi connectivity index (χ1v) is 9.65. The molecular formula is C18H18N4O4S. The van der Waals surface area contributed by atoms with Crippen molar-refractivity contribution in [1.29, 1.82) is 0 Å². The van der Waals surface area contributed by atoms with Gasteiger partial charge < -0.3 is 5.32 Å². The van der Waals surface area contributed by atoms with E-state index >= 15 is 0 Å². The van der Waals surface area contributed by atoms with Crippen LogP contribution < -0.4 is 10.5 Å². The number of nitro benzene ring substituents is 1. The fourth-order valence-corrected chi connectivity index (χ4v) is 3.47. The number of hydrogen-bond donors (Lipinski definition) is 2. The van der Waals surface area contributed by atoms with Crippen molar-refractivity contribution in [1.82, 2.24) is 4.98 Å². The number of pyridine rings is 1. The summed E-state index contributed by atoms with van der Waals surface area (Å²) in [7, 11) is -3.80. The fourth-order valence-electron chi connectivity index (χ4n) is 2.91. The number of aryl methyl sites for hydroxylation is 1. The molecule has 0 aliphatic rings. The molecule has 1 aromatic heterocycles. The highest BCUT2D eigenvalue weighted by Gasteiger charge is 2.17. The molecule has 0 amide bonds. The molecule has 0 aliphatic heterocycles. The summed E-state index contributed by atoms with van der Waals surface area (Å²) in [6.45, 7) is 3.62. The molecule has 0 saturated carbocycles. The van der Waals surface area contributed by atoms with Gasteiger partial charge in [-0.2, -0.15) is 0 Å². The summed E-state index contributed by atoms with van der Waals surface area (Å²) in [5, 5.41) is 20.4. The second kappa shape index (κ2) is 6.93. The predicted octanol–water partition coefficient (Wildman–Crippen LogP) is 3.27. The molecule has 0 aliphatic carbocycles. The zero-order chi connectivity index (χ0) is 19.8. The lowest BCUT2D eigenvalue weighted by Gasteiger charge is -2.18. The molecule has 0 radical (unpaired) electrons. The number of benzene rings is 2. The number of nitrogens with zero attached hydrogens (tertiary/aromatic N) is 2. The van der Waals surface area contributed by atoms with Gasteiger partial charge >= 0.3 is 0 Å². The van der Waals surface area contributed by atoms with Gasteiger partial charge in [-0.25, -0.2) is 18.5 Å². The third kappa shape index (κ3) is 3.88. The highest BCUT2D eigenvalue weighted by Crippen LogP contribution is 2.32. The molecule has 3 N–H and O–H groups in total. The number of nitrogens with two attached hydrogens (primary N) is 1. The summed E-state index contributed by atoms with van der Waals surface area (Å²) in [6.07, 6.45) is 0. The molecular weight excluding hydrogens is 368 g/mol. The van der Waals surface area contributed by atoms with E-state index in [1.807, 2.05) is 6.92 Å². The Balaban J connectivity index is 2.04. The van der Waals surface area contributed by atoms with Gasteiger partial charge in [-0.05, 0) is 37.6 Å². The minimum absolute atomic E-state index is 0.0278. The van der Waals surface area contributed by atoms with Gasteiger partial charge in [0.25, 0.3) is 5.69 Å². The van der Waals surface area contributed by atoms with Crippen LogP contribution in [0.5, 0.6) is 0 Å². The second-order valence-corrected chi connectivity index (χ2v) is 7.79. The second-order valence-electron chi connectivity index (χ2n) is 6.23. The smallest absolute Gasteiger partial charge is 0.295 e. The van der Waals surface area contributed by atoms with Crippen molar-refractivity contribution in [3.63, 3.8) is 0 Å². The quantitative estimate of drug-likeness (QED) is 0.511. The van der Waals surface area contributed by atoms with Crippen molar-refractivity contribution in [2.45, 2.75) is 24.8 Å². The summed E-state index contributed by atoms with van der Waals surface area (Å²) in [5.74, 6) is 0. The molecule has 0 saturated heterocycles. The lowest BCUT2D eigenvalue weighted by atomic mass is 10.1. The highest BCUT2D eigenvalue weighted by molar-refractivity contribution is 7.89. The van der Waals surface area contributed by atoms with Crippen LogP contribution in [0.2, 0.25) is 0 Å². The number of rotatable bonds is 5. The summed E-state index contributed by atoms with van der Waals surface area (Å²) in [5.41, 5.74) is 2.26. The number of non-ortho nitro benzene ring substituents is 1. The molecule has 8 nitrogen and oxygen atoms in total.